The van der Waals surface area contributed by atoms with Gasteiger partial charge in [-0.05, 0) is 6.92 Å². The summed E-state index contributed by atoms with van der Waals surface area (Å²) < 4.78 is 5.42. The van der Waals surface area contributed by atoms with Gasteiger partial charge >= 0.3 is 0 Å². The molecule has 0 saturated carbocycles. The molecule has 1 rings (SSSR count). The van der Waals surface area contributed by atoms with Crippen LogP contribution in [-0.2, 0) is 9.53 Å². The maximum atomic E-state index is 11.9. The molecule has 2 atom stereocenters. The Hall–Kier alpha value is -0.410. The lowest BCUT2D eigenvalue weighted by Gasteiger charge is -2.33. The van der Waals surface area contributed by atoms with Crippen LogP contribution in [0.5, 0.6) is 0 Å². The lowest BCUT2D eigenvalue weighted by molar-refractivity contribution is -0.134. The van der Waals surface area contributed by atoms with Crippen molar-refractivity contribution >= 4 is 5.78 Å². The molecule has 1 saturated heterocycles. The molecule has 0 aromatic rings. The molecule has 1 fully saturated rings. The lowest BCUT2D eigenvalue weighted by atomic mass is 9.84. The van der Waals surface area contributed by atoms with Crippen LogP contribution >= 0.6 is 0 Å². The highest BCUT2D eigenvalue weighted by Gasteiger charge is 2.34. The zero-order valence-corrected chi connectivity index (χ0v) is 8.89. The molecule has 0 spiro atoms. The minimum absolute atomic E-state index is 0.000440. The number of morpholine rings is 1. The van der Waals surface area contributed by atoms with Crippen molar-refractivity contribution < 1.29 is 9.53 Å². The van der Waals surface area contributed by atoms with Crippen molar-refractivity contribution in [3.05, 3.63) is 0 Å². The average molecular weight is 185 g/mol. The Bertz CT molecular complexity index is 196. The van der Waals surface area contributed by atoms with E-state index in [4.69, 9.17) is 4.74 Å². The summed E-state index contributed by atoms with van der Waals surface area (Å²) in [5.41, 5.74) is -0.285. The van der Waals surface area contributed by atoms with Crippen molar-refractivity contribution in [3.63, 3.8) is 0 Å². The molecule has 2 unspecified atom stereocenters. The van der Waals surface area contributed by atoms with Gasteiger partial charge in [0.15, 0.2) is 5.78 Å². The van der Waals surface area contributed by atoms with Crippen molar-refractivity contribution in [2.24, 2.45) is 5.41 Å². The molecule has 3 heteroatoms. The monoisotopic (exact) mass is 185 g/mol. The topological polar surface area (TPSA) is 38.3 Å². The summed E-state index contributed by atoms with van der Waals surface area (Å²) in [7, 11) is 0. The van der Waals surface area contributed by atoms with E-state index < -0.39 is 0 Å². The molecule has 0 radical (unpaired) electrons. The van der Waals surface area contributed by atoms with Crippen LogP contribution in [0.15, 0.2) is 0 Å². The molecule has 0 aromatic carbocycles. The van der Waals surface area contributed by atoms with Gasteiger partial charge in [-0.25, -0.2) is 0 Å². The summed E-state index contributed by atoms with van der Waals surface area (Å²) in [4.78, 5) is 11.9. The van der Waals surface area contributed by atoms with E-state index in [1.165, 1.54) is 0 Å². The number of nitrogens with one attached hydrogen (secondary N) is 1. The van der Waals surface area contributed by atoms with Gasteiger partial charge in [0.2, 0.25) is 0 Å². The van der Waals surface area contributed by atoms with Crippen LogP contribution < -0.4 is 5.32 Å². The second-order valence-corrected chi connectivity index (χ2v) is 4.62. The third-order valence-electron chi connectivity index (χ3n) is 2.34. The molecular weight excluding hydrogens is 166 g/mol. The first-order chi connectivity index (χ1) is 5.93. The van der Waals surface area contributed by atoms with Gasteiger partial charge in [0.25, 0.3) is 0 Å². The van der Waals surface area contributed by atoms with E-state index in [9.17, 15) is 4.79 Å². The Morgan fingerprint density at radius 1 is 1.46 bits per heavy atom. The zero-order chi connectivity index (χ0) is 10.1. The molecule has 1 aliphatic rings. The molecule has 1 N–H and O–H groups in total. The van der Waals surface area contributed by atoms with Gasteiger partial charge in [0, 0.05) is 12.0 Å². The minimum Gasteiger partial charge on any atom is -0.375 e. The summed E-state index contributed by atoms with van der Waals surface area (Å²) >= 11 is 0. The second kappa shape index (κ2) is 3.76. The fourth-order valence-corrected chi connectivity index (χ4v) is 1.49. The molecule has 0 bridgehead atoms. The van der Waals surface area contributed by atoms with Gasteiger partial charge in [0.05, 0.1) is 18.8 Å². The molecule has 76 valence electrons. The molecule has 0 aromatic heterocycles. The fourth-order valence-electron chi connectivity index (χ4n) is 1.49. The minimum atomic E-state index is -0.285. The Balaban J connectivity index is 2.64. The van der Waals surface area contributed by atoms with Crippen molar-refractivity contribution in [1.29, 1.82) is 0 Å². The first kappa shape index (κ1) is 10.7. The van der Waals surface area contributed by atoms with Crippen LogP contribution in [0.3, 0.4) is 0 Å². The molecule has 1 heterocycles. The van der Waals surface area contributed by atoms with E-state index in [2.05, 4.69) is 5.32 Å². The molecule has 1 aliphatic heterocycles. The summed E-state index contributed by atoms with van der Waals surface area (Å²) in [6, 6.07) is -0.131. The number of rotatable bonds is 1. The third kappa shape index (κ3) is 2.51. The number of carbonyl (C=O) groups excluding carboxylic acids is 1. The number of ketones is 1. The maximum Gasteiger partial charge on any atom is 0.157 e. The van der Waals surface area contributed by atoms with Gasteiger partial charge in [-0.15, -0.1) is 0 Å². The first-order valence-electron chi connectivity index (χ1n) is 4.82. The van der Waals surface area contributed by atoms with E-state index in [0.717, 1.165) is 6.54 Å². The van der Waals surface area contributed by atoms with Crippen LogP contribution in [0.2, 0.25) is 0 Å². The molecule has 0 amide bonds. The molecule has 3 nitrogen and oxygen atoms in total. The van der Waals surface area contributed by atoms with E-state index in [-0.39, 0.29) is 23.3 Å². The van der Waals surface area contributed by atoms with Gasteiger partial charge in [-0.2, -0.15) is 0 Å². The predicted molar refractivity (Wildman–Crippen MR) is 51.7 cm³/mol. The van der Waals surface area contributed by atoms with E-state index in [1.807, 2.05) is 27.7 Å². The Morgan fingerprint density at radius 3 is 2.54 bits per heavy atom. The van der Waals surface area contributed by atoms with Gasteiger partial charge in [0.1, 0.15) is 0 Å². The maximum absolute atomic E-state index is 11.9. The SMILES string of the molecule is CC1OCCNC1C(=O)C(C)(C)C. The van der Waals surface area contributed by atoms with Crippen molar-refractivity contribution in [2.75, 3.05) is 13.2 Å². The number of hydrogen-bond donors (Lipinski definition) is 1. The molecule has 13 heavy (non-hydrogen) atoms. The normalized spacial score (nSPS) is 30.2. The Kier molecular flexibility index (Phi) is 3.09. The van der Waals surface area contributed by atoms with E-state index in [0.29, 0.717) is 6.61 Å². The van der Waals surface area contributed by atoms with Crippen LogP contribution in [0, 0.1) is 5.41 Å². The van der Waals surface area contributed by atoms with Gasteiger partial charge in [-0.3, -0.25) is 4.79 Å². The van der Waals surface area contributed by atoms with Gasteiger partial charge < -0.3 is 10.1 Å². The number of carbonyl (C=O) groups is 1. The summed E-state index contributed by atoms with van der Waals surface area (Å²) in [6.07, 6.45) is 0.000440. The van der Waals surface area contributed by atoms with Crippen molar-refractivity contribution in [2.45, 2.75) is 39.8 Å². The average Bonchev–Trinajstić information content (AvgIpc) is 2.02. The highest BCUT2D eigenvalue weighted by atomic mass is 16.5. The Labute approximate surface area is 79.8 Å². The quantitative estimate of drug-likeness (QED) is 0.661. The summed E-state index contributed by atoms with van der Waals surface area (Å²) in [5.74, 6) is 0.236. The Morgan fingerprint density at radius 2 is 2.08 bits per heavy atom. The lowest BCUT2D eigenvalue weighted by Crippen LogP contribution is -2.54. The molecular formula is C10H19NO2. The fraction of sp³-hybridized carbons (Fsp3) is 0.900. The standard InChI is InChI=1S/C10H19NO2/c1-7-8(11-5-6-13-7)9(12)10(2,3)4/h7-8,11H,5-6H2,1-4H3. The predicted octanol–water partition coefficient (Wildman–Crippen LogP) is 0.978. The van der Waals surface area contributed by atoms with E-state index >= 15 is 0 Å². The number of Topliss-reactive ketones (excluding diaryl/α,β-unsaturated/α-hetero) is 1. The van der Waals surface area contributed by atoms with Crippen LogP contribution in [0.1, 0.15) is 27.7 Å². The van der Waals surface area contributed by atoms with E-state index in [1.54, 1.807) is 0 Å². The summed E-state index contributed by atoms with van der Waals surface area (Å²) in [6.45, 7) is 9.25. The summed E-state index contributed by atoms with van der Waals surface area (Å²) in [5, 5.41) is 3.20. The van der Waals surface area contributed by atoms with Crippen molar-refractivity contribution in [3.8, 4) is 0 Å². The zero-order valence-electron chi connectivity index (χ0n) is 8.89. The molecule has 0 aliphatic carbocycles. The third-order valence-corrected chi connectivity index (χ3v) is 2.34. The smallest absolute Gasteiger partial charge is 0.157 e. The van der Waals surface area contributed by atoms with Crippen LogP contribution in [0.25, 0.3) is 0 Å². The van der Waals surface area contributed by atoms with Crippen LogP contribution in [0.4, 0.5) is 0 Å². The number of ether oxygens (including phenoxy) is 1. The second-order valence-electron chi connectivity index (χ2n) is 4.62. The number of hydrogen-bond acceptors (Lipinski definition) is 3. The van der Waals surface area contributed by atoms with Gasteiger partial charge in [-0.1, -0.05) is 20.8 Å². The highest BCUT2D eigenvalue weighted by molar-refractivity contribution is 5.89. The van der Waals surface area contributed by atoms with Crippen LogP contribution in [-0.4, -0.2) is 31.1 Å². The largest absolute Gasteiger partial charge is 0.375 e. The van der Waals surface area contributed by atoms with Crippen molar-refractivity contribution in [1.82, 2.24) is 5.32 Å². The highest BCUT2D eigenvalue weighted by Crippen LogP contribution is 2.20. The first-order valence-corrected chi connectivity index (χ1v) is 4.82.